The van der Waals surface area contributed by atoms with Crippen LogP contribution in [0.4, 0.5) is 0 Å². The summed E-state index contributed by atoms with van der Waals surface area (Å²) < 4.78 is 9.99. The van der Waals surface area contributed by atoms with E-state index in [1.807, 2.05) is 24.3 Å². The van der Waals surface area contributed by atoms with Crippen LogP contribution in [0.15, 0.2) is 24.3 Å². The molecule has 0 bridgehead atoms. The Bertz CT molecular complexity index is 444. The molecule has 1 heterocycles. The highest BCUT2D eigenvalue weighted by Crippen LogP contribution is 2.31. The molecule has 1 atom stereocenters. The van der Waals surface area contributed by atoms with Gasteiger partial charge in [0.25, 0.3) is 0 Å². The molecule has 0 saturated heterocycles. The number of fused-ring (bicyclic) bond motifs is 1. The summed E-state index contributed by atoms with van der Waals surface area (Å²) in [4.78, 5) is 22.6. The molecule has 0 aliphatic carbocycles. The van der Waals surface area contributed by atoms with Gasteiger partial charge < -0.3 is 14.8 Å². The molecule has 0 fully saturated rings. The van der Waals surface area contributed by atoms with Crippen molar-refractivity contribution in [3.63, 3.8) is 0 Å². The van der Waals surface area contributed by atoms with Crippen LogP contribution < -0.4 is 10.1 Å². The Morgan fingerprint density at radius 1 is 1.47 bits per heavy atom. The third kappa shape index (κ3) is 2.38. The number of esters is 1. The number of ether oxygens (including phenoxy) is 2. The van der Waals surface area contributed by atoms with Crippen LogP contribution in [0.1, 0.15) is 18.5 Å². The Kier molecular flexibility index (Phi) is 3.27. The Morgan fingerprint density at radius 2 is 2.24 bits per heavy atom. The normalized spacial score (nSPS) is 16.9. The lowest BCUT2D eigenvalue weighted by atomic mass is 10.1. The molecular weight excluding hydrogens is 222 g/mol. The summed E-state index contributed by atoms with van der Waals surface area (Å²) in [6, 6.07) is 7.11. The van der Waals surface area contributed by atoms with E-state index < -0.39 is 11.9 Å². The second-order valence-electron chi connectivity index (χ2n) is 3.60. The van der Waals surface area contributed by atoms with E-state index >= 15 is 0 Å². The minimum Gasteiger partial charge on any atom is -0.491 e. The van der Waals surface area contributed by atoms with E-state index in [-0.39, 0.29) is 12.6 Å². The number of para-hydroxylation sites is 1. The molecule has 0 radical (unpaired) electrons. The van der Waals surface area contributed by atoms with E-state index in [0.717, 1.165) is 11.3 Å². The standard InChI is InChI=1S/C12H13NO4/c1-2-16-12(15)11(14)13-9-7-17-10-6-4-3-5-8(9)10/h3-6,9H,2,7H2,1H3,(H,13,14). The first-order valence-corrected chi connectivity index (χ1v) is 5.41. The Morgan fingerprint density at radius 3 is 3.00 bits per heavy atom. The van der Waals surface area contributed by atoms with Crippen LogP contribution in [-0.2, 0) is 14.3 Å². The van der Waals surface area contributed by atoms with Crippen LogP contribution in [0, 0.1) is 0 Å². The van der Waals surface area contributed by atoms with Gasteiger partial charge in [-0.05, 0) is 13.0 Å². The van der Waals surface area contributed by atoms with Crippen molar-refractivity contribution in [3.8, 4) is 5.75 Å². The largest absolute Gasteiger partial charge is 0.491 e. The third-order valence-electron chi connectivity index (χ3n) is 2.47. The fourth-order valence-corrected chi connectivity index (χ4v) is 1.70. The lowest BCUT2D eigenvalue weighted by molar-refractivity contribution is -0.154. The molecule has 1 N–H and O–H groups in total. The summed E-state index contributed by atoms with van der Waals surface area (Å²) >= 11 is 0. The average Bonchev–Trinajstić information content (AvgIpc) is 2.73. The monoisotopic (exact) mass is 235 g/mol. The van der Waals surface area contributed by atoms with Gasteiger partial charge in [0.15, 0.2) is 0 Å². The zero-order chi connectivity index (χ0) is 12.3. The molecule has 1 aliphatic heterocycles. The molecule has 0 aromatic heterocycles. The number of carbonyl (C=O) groups is 2. The van der Waals surface area contributed by atoms with E-state index in [9.17, 15) is 9.59 Å². The molecule has 5 heteroatoms. The summed E-state index contributed by atoms with van der Waals surface area (Å²) in [5.41, 5.74) is 0.880. The van der Waals surface area contributed by atoms with Crippen LogP contribution in [0.2, 0.25) is 0 Å². The van der Waals surface area contributed by atoms with Crippen LogP contribution in [0.3, 0.4) is 0 Å². The van der Waals surface area contributed by atoms with Gasteiger partial charge in [0.2, 0.25) is 0 Å². The van der Waals surface area contributed by atoms with Crippen LogP contribution in [0.5, 0.6) is 5.75 Å². The molecule has 1 amide bonds. The number of carbonyl (C=O) groups excluding carboxylic acids is 2. The molecule has 1 aromatic rings. The van der Waals surface area contributed by atoms with Gasteiger partial charge in [-0.2, -0.15) is 0 Å². The lowest BCUT2D eigenvalue weighted by Crippen LogP contribution is -2.36. The van der Waals surface area contributed by atoms with Crippen molar-refractivity contribution < 1.29 is 19.1 Å². The van der Waals surface area contributed by atoms with Crippen LogP contribution in [0.25, 0.3) is 0 Å². The van der Waals surface area contributed by atoms with Crippen LogP contribution in [-0.4, -0.2) is 25.1 Å². The molecule has 1 aromatic carbocycles. The SMILES string of the molecule is CCOC(=O)C(=O)NC1COc2ccccc21. The number of nitrogens with one attached hydrogen (secondary N) is 1. The van der Waals surface area contributed by atoms with Crippen molar-refractivity contribution in [3.05, 3.63) is 29.8 Å². The first-order valence-electron chi connectivity index (χ1n) is 5.41. The number of amides is 1. The smallest absolute Gasteiger partial charge is 0.396 e. The first kappa shape index (κ1) is 11.4. The van der Waals surface area contributed by atoms with E-state index in [1.54, 1.807) is 6.92 Å². The van der Waals surface area contributed by atoms with Gasteiger partial charge in [-0.25, -0.2) is 4.79 Å². The van der Waals surface area contributed by atoms with E-state index in [1.165, 1.54) is 0 Å². The molecule has 2 rings (SSSR count). The number of rotatable bonds is 2. The van der Waals surface area contributed by atoms with Gasteiger partial charge in [0.05, 0.1) is 12.6 Å². The zero-order valence-corrected chi connectivity index (χ0v) is 9.43. The second kappa shape index (κ2) is 4.86. The number of benzene rings is 1. The minimum absolute atomic E-state index is 0.185. The van der Waals surface area contributed by atoms with Gasteiger partial charge >= 0.3 is 11.9 Å². The van der Waals surface area contributed by atoms with E-state index in [2.05, 4.69) is 10.1 Å². The summed E-state index contributed by atoms with van der Waals surface area (Å²) in [7, 11) is 0. The first-order chi connectivity index (χ1) is 8.22. The highest BCUT2D eigenvalue weighted by atomic mass is 16.5. The van der Waals surface area contributed by atoms with Crippen molar-refractivity contribution >= 4 is 11.9 Å². The van der Waals surface area contributed by atoms with Crippen molar-refractivity contribution in [2.24, 2.45) is 0 Å². The molecule has 0 spiro atoms. The van der Waals surface area contributed by atoms with Crippen molar-refractivity contribution in [2.45, 2.75) is 13.0 Å². The minimum atomic E-state index is -0.864. The van der Waals surface area contributed by atoms with Gasteiger partial charge in [-0.1, -0.05) is 18.2 Å². The van der Waals surface area contributed by atoms with E-state index in [0.29, 0.717) is 6.61 Å². The maximum atomic E-state index is 11.5. The summed E-state index contributed by atoms with van der Waals surface area (Å²) in [6.45, 7) is 2.17. The summed E-state index contributed by atoms with van der Waals surface area (Å²) in [5.74, 6) is -0.865. The van der Waals surface area contributed by atoms with Gasteiger partial charge in [0, 0.05) is 5.56 Å². The second-order valence-corrected chi connectivity index (χ2v) is 3.60. The van der Waals surface area contributed by atoms with Gasteiger partial charge in [-0.15, -0.1) is 0 Å². The topological polar surface area (TPSA) is 64.6 Å². The molecule has 90 valence electrons. The molecule has 1 unspecified atom stereocenters. The molecule has 5 nitrogen and oxygen atoms in total. The summed E-state index contributed by atoms with van der Waals surface area (Å²) in [5, 5.41) is 2.58. The quantitative estimate of drug-likeness (QED) is 0.608. The molecular formula is C12H13NO4. The Hall–Kier alpha value is -2.04. The number of hydrogen-bond acceptors (Lipinski definition) is 4. The lowest BCUT2D eigenvalue weighted by Gasteiger charge is -2.10. The highest BCUT2D eigenvalue weighted by Gasteiger charge is 2.27. The Labute approximate surface area is 98.7 Å². The average molecular weight is 235 g/mol. The van der Waals surface area contributed by atoms with Gasteiger partial charge in [0.1, 0.15) is 12.4 Å². The van der Waals surface area contributed by atoms with Gasteiger partial charge in [-0.3, -0.25) is 4.79 Å². The highest BCUT2D eigenvalue weighted by molar-refractivity contribution is 6.32. The molecule has 0 saturated carbocycles. The predicted molar refractivity (Wildman–Crippen MR) is 59.5 cm³/mol. The van der Waals surface area contributed by atoms with Crippen molar-refractivity contribution in [1.82, 2.24) is 5.32 Å². The maximum absolute atomic E-state index is 11.5. The van der Waals surface area contributed by atoms with Crippen molar-refractivity contribution in [2.75, 3.05) is 13.2 Å². The molecule has 1 aliphatic rings. The Balaban J connectivity index is 2.02. The molecule has 17 heavy (non-hydrogen) atoms. The van der Waals surface area contributed by atoms with E-state index in [4.69, 9.17) is 4.74 Å². The fourth-order valence-electron chi connectivity index (χ4n) is 1.70. The summed E-state index contributed by atoms with van der Waals surface area (Å²) in [6.07, 6.45) is 0. The third-order valence-corrected chi connectivity index (χ3v) is 2.47. The zero-order valence-electron chi connectivity index (χ0n) is 9.43. The fraction of sp³-hybridized carbons (Fsp3) is 0.333. The predicted octanol–water partition coefficient (Wildman–Crippen LogP) is 0.799. The maximum Gasteiger partial charge on any atom is 0.396 e. The number of hydrogen-bond donors (Lipinski definition) is 1. The van der Waals surface area contributed by atoms with Crippen LogP contribution >= 0.6 is 0 Å². The van der Waals surface area contributed by atoms with Crippen molar-refractivity contribution in [1.29, 1.82) is 0 Å².